The van der Waals surface area contributed by atoms with E-state index in [0.717, 1.165) is 0 Å². The molecular formula is C18H22N4O7. The van der Waals surface area contributed by atoms with Gasteiger partial charge in [0.05, 0.1) is 12.8 Å². The van der Waals surface area contributed by atoms with Gasteiger partial charge in [-0.15, -0.1) is 0 Å². The SMILES string of the molecule is COC1C(O)[C@@H](CO)O[C@H]1n1cc2c(nc1=O)Nc1c(OCCN)cccc1O2. The van der Waals surface area contributed by atoms with E-state index in [-0.39, 0.29) is 11.6 Å². The number of para-hydroxylation sites is 1. The lowest BCUT2D eigenvalue weighted by molar-refractivity contribution is -0.0626. The van der Waals surface area contributed by atoms with Gasteiger partial charge in [-0.05, 0) is 12.1 Å². The minimum absolute atomic E-state index is 0.216. The molecule has 0 saturated carbocycles. The number of benzene rings is 1. The fraction of sp³-hybridized carbons (Fsp3) is 0.444. The molecule has 1 aromatic carbocycles. The Balaban J connectivity index is 1.67. The van der Waals surface area contributed by atoms with Gasteiger partial charge < -0.3 is 40.2 Å². The molecule has 2 aromatic rings. The lowest BCUT2D eigenvalue weighted by atomic mass is 10.1. The highest BCUT2D eigenvalue weighted by atomic mass is 16.6. The van der Waals surface area contributed by atoms with Crippen LogP contribution >= 0.6 is 0 Å². The quantitative estimate of drug-likeness (QED) is 0.429. The van der Waals surface area contributed by atoms with E-state index in [2.05, 4.69) is 10.3 Å². The predicted molar refractivity (Wildman–Crippen MR) is 101 cm³/mol. The van der Waals surface area contributed by atoms with Crippen molar-refractivity contribution in [2.75, 3.05) is 32.2 Å². The summed E-state index contributed by atoms with van der Waals surface area (Å²) in [7, 11) is 1.39. The highest BCUT2D eigenvalue weighted by Crippen LogP contribution is 2.45. The summed E-state index contributed by atoms with van der Waals surface area (Å²) >= 11 is 0. The highest BCUT2D eigenvalue weighted by molar-refractivity contribution is 5.77. The second-order valence-electron chi connectivity index (χ2n) is 6.58. The third-order valence-electron chi connectivity index (χ3n) is 4.78. The van der Waals surface area contributed by atoms with Crippen LogP contribution < -0.4 is 26.2 Å². The summed E-state index contributed by atoms with van der Waals surface area (Å²) in [5, 5.41) is 22.7. The van der Waals surface area contributed by atoms with Gasteiger partial charge >= 0.3 is 5.69 Å². The van der Waals surface area contributed by atoms with Crippen LogP contribution in [0.5, 0.6) is 17.2 Å². The van der Waals surface area contributed by atoms with Crippen molar-refractivity contribution >= 4 is 11.5 Å². The Kier molecular flexibility index (Phi) is 5.39. The smallest absolute Gasteiger partial charge is 0.351 e. The van der Waals surface area contributed by atoms with Gasteiger partial charge in [0.1, 0.15) is 36.4 Å². The average molecular weight is 406 g/mol. The van der Waals surface area contributed by atoms with E-state index >= 15 is 0 Å². The van der Waals surface area contributed by atoms with E-state index in [1.807, 2.05) is 0 Å². The Morgan fingerprint density at radius 1 is 1.38 bits per heavy atom. The van der Waals surface area contributed by atoms with Crippen molar-refractivity contribution in [3.8, 4) is 17.2 Å². The monoisotopic (exact) mass is 406 g/mol. The molecule has 4 rings (SSSR count). The highest BCUT2D eigenvalue weighted by Gasteiger charge is 2.45. The van der Waals surface area contributed by atoms with Gasteiger partial charge in [-0.2, -0.15) is 4.98 Å². The van der Waals surface area contributed by atoms with Crippen LogP contribution in [0.1, 0.15) is 6.23 Å². The van der Waals surface area contributed by atoms with Gasteiger partial charge in [0.25, 0.3) is 0 Å². The van der Waals surface area contributed by atoms with E-state index in [1.165, 1.54) is 17.9 Å². The maximum Gasteiger partial charge on any atom is 0.351 e. The molecule has 2 unspecified atom stereocenters. The van der Waals surface area contributed by atoms with E-state index < -0.39 is 36.8 Å². The topological polar surface area (TPSA) is 150 Å². The third-order valence-corrected chi connectivity index (χ3v) is 4.78. The minimum atomic E-state index is -1.10. The molecule has 2 aliphatic rings. The van der Waals surface area contributed by atoms with Gasteiger partial charge in [-0.25, -0.2) is 4.79 Å². The normalized spacial score (nSPS) is 25.0. The van der Waals surface area contributed by atoms with E-state index in [0.29, 0.717) is 30.3 Å². The third kappa shape index (κ3) is 3.43. The first kappa shape index (κ1) is 19.6. The molecule has 11 nitrogen and oxygen atoms in total. The number of hydrogen-bond acceptors (Lipinski definition) is 10. The molecule has 0 aliphatic carbocycles. The number of ether oxygens (including phenoxy) is 4. The zero-order valence-corrected chi connectivity index (χ0v) is 15.6. The number of aliphatic hydroxyl groups excluding tert-OH is 2. The van der Waals surface area contributed by atoms with Crippen LogP contribution in [0.25, 0.3) is 0 Å². The van der Waals surface area contributed by atoms with Crippen molar-refractivity contribution < 1.29 is 29.2 Å². The molecule has 0 radical (unpaired) electrons. The Labute approximate surface area is 165 Å². The molecule has 0 spiro atoms. The van der Waals surface area contributed by atoms with Crippen LogP contribution in [0, 0.1) is 0 Å². The molecule has 2 aliphatic heterocycles. The average Bonchev–Trinajstić information content (AvgIpc) is 3.05. The summed E-state index contributed by atoms with van der Waals surface area (Å²) in [6, 6.07) is 5.26. The molecule has 4 atom stereocenters. The standard InChI is InChI=1S/C18H22N4O7/c1-26-15-14(24)12(8-23)29-17(15)22-7-11-16(21-18(22)25)20-13-9(27-6-5-19)3-2-4-10(13)28-11/h2-4,7,12,14-15,17,23-24H,5-6,8,19H2,1H3,(H,20,21,25)/t12-,14?,15?,17-/m1/s1. The van der Waals surface area contributed by atoms with Gasteiger partial charge in [-0.1, -0.05) is 6.07 Å². The second kappa shape index (κ2) is 7.97. The van der Waals surface area contributed by atoms with Gasteiger partial charge in [0.2, 0.25) is 0 Å². The lowest BCUT2D eigenvalue weighted by Gasteiger charge is -2.25. The largest absolute Gasteiger partial charge is 0.490 e. The Bertz CT molecular complexity index is 950. The molecule has 3 heterocycles. The molecule has 5 N–H and O–H groups in total. The first-order valence-corrected chi connectivity index (χ1v) is 9.08. The predicted octanol–water partition coefficient (Wildman–Crippen LogP) is -0.304. The van der Waals surface area contributed by atoms with Crippen LogP contribution in [0.4, 0.5) is 11.5 Å². The summed E-state index contributed by atoms with van der Waals surface area (Å²) in [4.78, 5) is 16.7. The summed E-state index contributed by atoms with van der Waals surface area (Å²) in [5.74, 6) is 1.52. The number of nitrogens with two attached hydrogens (primary N) is 1. The molecule has 1 aromatic heterocycles. The molecular weight excluding hydrogens is 384 g/mol. The second-order valence-corrected chi connectivity index (χ2v) is 6.58. The molecule has 156 valence electrons. The number of rotatable bonds is 6. The molecule has 11 heteroatoms. The molecule has 1 fully saturated rings. The maximum absolute atomic E-state index is 12.6. The fourth-order valence-electron chi connectivity index (χ4n) is 3.39. The van der Waals surface area contributed by atoms with Crippen LogP contribution in [-0.4, -0.2) is 64.9 Å². The number of methoxy groups -OCH3 is 1. The van der Waals surface area contributed by atoms with Crippen molar-refractivity contribution in [2.45, 2.75) is 24.5 Å². The van der Waals surface area contributed by atoms with E-state index in [9.17, 15) is 15.0 Å². The molecule has 0 bridgehead atoms. The van der Waals surface area contributed by atoms with Crippen LogP contribution in [0.15, 0.2) is 29.2 Å². The number of aromatic nitrogens is 2. The van der Waals surface area contributed by atoms with Gasteiger partial charge in [0.15, 0.2) is 23.5 Å². The number of hydrogen-bond donors (Lipinski definition) is 4. The minimum Gasteiger partial charge on any atom is -0.490 e. The molecule has 0 amide bonds. The fourth-order valence-corrected chi connectivity index (χ4v) is 3.39. The number of nitrogens with zero attached hydrogens (tertiary/aromatic N) is 2. The molecule has 29 heavy (non-hydrogen) atoms. The van der Waals surface area contributed by atoms with Crippen LogP contribution in [0.3, 0.4) is 0 Å². The number of aliphatic hydroxyl groups is 2. The summed E-state index contributed by atoms with van der Waals surface area (Å²) in [5.41, 5.74) is 5.39. The van der Waals surface area contributed by atoms with Crippen molar-refractivity contribution in [2.24, 2.45) is 5.73 Å². The Morgan fingerprint density at radius 3 is 2.93 bits per heavy atom. The Morgan fingerprint density at radius 2 is 2.21 bits per heavy atom. The van der Waals surface area contributed by atoms with Crippen LogP contribution in [-0.2, 0) is 9.47 Å². The number of nitrogens with one attached hydrogen (secondary N) is 1. The zero-order valence-electron chi connectivity index (χ0n) is 15.6. The Hall–Kier alpha value is -2.70. The first-order chi connectivity index (χ1) is 14.1. The van der Waals surface area contributed by atoms with Crippen molar-refractivity contribution in [1.29, 1.82) is 0 Å². The summed E-state index contributed by atoms with van der Waals surface area (Å²) in [6.45, 7) is 0.264. The first-order valence-electron chi connectivity index (χ1n) is 9.08. The summed E-state index contributed by atoms with van der Waals surface area (Å²) in [6.07, 6.45) is -2.38. The van der Waals surface area contributed by atoms with Crippen LogP contribution in [0.2, 0.25) is 0 Å². The lowest BCUT2D eigenvalue weighted by Crippen LogP contribution is -2.37. The molecule has 1 saturated heterocycles. The van der Waals surface area contributed by atoms with Crippen molar-refractivity contribution in [3.63, 3.8) is 0 Å². The zero-order chi connectivity index (χ0) is 20.5. The number of fused-ring (bicyclic) bond motifs is 2. The summed E-state index contributed by atoms with van der Waals surface area (Å²) < 4.78 is 23.6. The van der Waals surface area contributed by atoms with E-state index in [4.69, 9.17) is 24.7 Å². The van der Waals surface area contributed by atoms with Crippen molar-refractivity contribution in [1.82, 2.24) is 9.55 Å². The van der Waals surface area contributed by atoms with Gasteiger partial charge in [0, 0.05) is 13.7 Å². The maximum atomic E-state index is 12.6. The van der Waals surface area contributed by atoms with Crippen molar-refractivity contribution in [3.05, 3.63) is 34.9 Å². The van der Waals surface area contributed by atoms with Gasteiger partial charge in [-0.3, -0.25) is 4.57 Å². The number of anilines is 2. The van der Waals surface area contributed by atoms with E-state index in [1.54, 1.807) is 18.2 Å².